The van der Waals surface area contributed by atoms with Gasteiger partial charge in [0, 0.05) is 22.7 Å². The lowest BCUT2D eigenvalue weighted by Crippen LogP contribution is -2.00. The van der Waals surface area contributed by atoms with Crippen molar-refractivity contribution in [2.24, 2.45) is 0 Å². The maximum absolute atomic E-state index is 5.95. The maximum atomic E-state index is 5.95. The second-order valence-electron chi connectivity index (χ2n) is 4.61. The first-order valence-electron chi connectivity index (χ1n) is 6.64. The van der Waals surface area contributed by atoms with E-state index in [1.807, 2.05) is 36.4 Å². The monoisotopic (exact) mass is 309 g/mol. The fourth-order valence-corrected chi connectivity index (χ4v) is 2.31. The van der Waals surface area contributed by atoms with Crippen LogP contribution in [0, 0.1) is 0 Å². The van der Waals surface area contributed by atoms with Gasteiger partial charge in [0.1, 0.15) is 6.61 Å². The highest BCUT2D eigenvalue weighted by molar-refractivity contribution is 6.30. The van der Waals surface area contributed by atoms with Gasteiger partial charge in [-0.05, 0) is 35.7 Å². The van der Waals surface area contributed by atoms with Gasteiger partial charge in [-0.3, -0.25) is 0 Å². The smallest absolute Gasteiger partial charge is 0.214 e. The van der Waals surface area contributed by atoms with Crippen LogP contribution in [0.3, 0.4) is 0 Å². The summed E-state index contributed by atoms with van der Waals surface area (Å²) in [5.41, 5.74) is 3.07. The Balaban J connectivity index is 2.10. The van der Waals surface area contributed by atoms with Crippen LogP contribution < -0.4 is 4.74 Å². The first-order valence-corrected chi connectivity index (χ1v) is 7.55. The molecule has 0 atom stereocenters. The summed E-state index contributed by atoms with van der Waals surface area (Å²) in [6, 6.07) is 11.5. The number of pyridine rings is 1. The molecule has 0 saturated carbocycles. The Bertz CT molecular complexity index is 572. The van der Waals surface area contributed by atoms with Crippen molar-refractivity contribution in [2.75, 3.05) is 0 Å². The Morgan fingerprint density at radius 3 is 2.70 bits per heavy atom. The lowest BCUT2D eigenvalue weighted by Gasteiger charge is -2.09. The molecule has 0 amide bonds. The van der Waals surface area contributed by atoms with Crippen LogP contribution in [0.25, 0.3) is 0 Å². The number of alkyl halides is 1. The SMILES string of the molecule is CCCc1cc(CCl)cc(OCc2cccc(Cl)c2)n1. The lowest BCUT2D eigenvalue weighted by molar-refractivity contribution is 0.292. The molecule has 0 aliphatic heterocycles. The van der Waals surface area contributed by atoms with E-state index in [9.17, 15) is 0 Å². The van der Waals surface area contributed by atoms with E-state index < -0.39 is 0 Å². The first kappa shape index (κ1) is 15.1. The van der Waals surface area contributed by atoms with Crippen molar-refractivity contribution in [1.82, 2.24) is 4.98 Å². The summed E-state index contributed by atoms with van der Waals surface area (Å²) in [5.74, 6) is 1.08. The summed E-state index contributed by atoms with van der Waals surface area (Å²) in [5, 5.41) is 0.709. The Labute approximate surface area is 129 Å². The average molecular weight is 310 g/mol. The Hall–Kier alpha value is -1.25. The number of ether oxygens (including phenoxy) is 1. The highest BCUT2D eigenvalue weighted by atomic mass is 35.5. The second kappa shape index (κ2) is 7.51. The van der Waals surface area contributed by atoms with E-state index in [-0.39, 0.29) is 0 Å². The van der Waals surface area contributed by atoms with Crippen molar-refractivity contribution < 1.29 is 4.74 Å². The van der Waals surface area contributed by atoms with Crippen LogP contribution in [-0.4, -0.2) is 4.98 Å². The molecule has 0 spiro atoms. The van der Waals surface area contributed by atoms with Crippen molar-refractivity contribution in [3.63, 3.8) is 0 Å². The molecular formula is C16H17Cl2NO. The third-order valence-corrected chi connectivity index (χ3v) is 3.39. The van der Waals surface area contributed by atoms with Crippen LogP contribution in [0.5, 0.6) is 5.88 Å². The molecule has 106 valence electrons. The molecule has 2 nitrogen and oxygen atoms in total. The first-order chi connectivity index (χ1) is 9.71. The fourth-order valence-electron chi connectivity index (χ4n) is 1.94. The molecule has 0 aliphatic rings. The van der Waals surface area contributed by atoms with Crippen molar-refractivity contribution >= 4 is 23.2 Å². The summed E-state index contributed by atoms with van der Waals surface area (Å²) in [7, 11) is 0. The molecule has 1 aromatic heterocycles. The van der Waals surface area contributed by atoms with Gasteiger partial charge in [0.05, 0.1) is 0 Å². The van der Waals surface area contributed by atoms with Gasteiger partial charge in [-0.15, -0.1) is 11.6 Å². The number of aryl methyl sites for hydroxylation is 1. The number of aromatic nitrogens is 1. The standard InChI is InChI=1S/C16H17Cl2NO/c1-2-4-15-8-13(10-17)9-16(19-15)20-11-12-5-3-6-14(18)7-12/h3,5-9H,2,4,10-11H2,1H3. The summed E-state index contributed by atoms with van der Waals surface area (Å²) >= 11 is 11.9. The van der Waals surface area contributed by atoms with Crippen molar-refractivity contribution in [1.29, 1.82) is 0 Å². The van der Waals surface area contributed by atoms with Crippen molar-refractivity contribution in [3.8, 4) is 5.88 Å². The zero-order valence-corrected chi connectivity index (χ0v) is 12.9. The van der Waals surface area contributed by atoms with Gasteiger partial charge in [-0.1, -0.05) is 37.1 Å². The van der Waals surface area contributed by atoms with Crippen LogP contribution in [0.4, 0.5) is 0 Å². The van der Waals surface area contributed by atoms with E-state index in [0.717, 1.165) is 29.7 Å². The highest BCUT2D eigenvalue weighted by Crippen LogP contribution is 2.18. The number of rotatable bonds is 6. The van der Waals surface area contributed by atoms with Crippen LogP contribution in [-0.2, 0) is 18.9 Å². The predicted octanol–water partition coefficient (Wildman–Crippen LogP) is 5.01. The molecule has 4 heteroatoms. The average Bonchev–Trinajstić information content (AvgIpc) is 2.45. The van der Waals surface area contributed by atoms with E-state index in [1.165, 1.54) is 0 Å². The third-order valence-electron chi connectivity index (χ3n) is 2.85. The normalized spacial score (nSPS) is 10.6. The minimum absolute atomic E-state index is 0.449. The summed E-state index contributed by atoms with van der Waals surface area (Å²) in [6.45, 7) is 2.58. The summed E-state index contributed by atoms with van der Waals surface area (Å²) in [4.78, 5) is 4.49. The van der Waals surface area contributed by atoms with Crippen molar-refractivity contribution in [2.45, 2.75) is 32.3 Å². The van der Waals surface area contributed by atoms with Gasteiger partial charge < -0.3 is 4.74 Å². The van der Waals surface area contributed by atoms with Crippen LogP contribution in [0.15, 0.2) is 36.4 Å². The molecule has 1 heterocycles. The second-order valence-corrected chi connectivity index (χ2v) is 5.31. The summed E-state index contributed by atoms with van der Waals surface area (Å²) in [6.07, 6.45) is 1.98. The molecule has 0 N–H and O–H groups in total. The van der Waals surface area contributed by atoms with Crippen molar-refractivity contribution in [3.05, 3.63) is 58.2 Å². The minimum Gasteiger partial charge on any atom is -0.473 e. The molecule has 2 rings (SSSR count). The maximum Gasteiger partial charge on any atom is 0.214 e. The fraction of sp³-hybridized carbons (Fsp3) is 0.312. The molecular weight excluding hydrogens is 293 g/mol. The number of nitrogens with zero attached hydrogens (tertiary/aromatic N) is 1. The largest absolute Gasteiger partial charge is 0.473 e. The van der Waals surface area contributed by atoms with Gasteiger partial charge in [-0.25, -0.2) is 4.98 Å². The van der Waals surface area contributed by atoms with Gasteiger partial charge in [0.15, 0.2) is 0 Å². The number of halogens is 2. The summed E-state index contributed by atoms with van der Waals surface area (Å²) < 4.78 is 5.75. The number of benzene rings is 1. The molecule has 0 saturated heterocycles. The molecule has 2 aromatic rings. The van der Waals surface area contributed by atoms with Gasteiger partial charge in [0.25, 0.3) is 0 Å². The minimum atomic E-state index is 0.449. The number of hydrogen-bond acceptors (Lipinski definition) is 2. The molecule has 0 fully saturated rings. The quantitative estimate of drug-likeness (QED) is 0.700. The highest BCUT2D eigenvalue weighted by Gasteiger charge is 2.04. The van der Waals surface area contributed by atoms with E-state index in [4.69, 9.17) is 27.9 Å². The van der Waals surface area contributed by atoms with E-state index in [1.54, 1.807) is 0 Å². The van der Waals surface area contributed by atoms with Crippen LogP contribution in [0.1, 0.15) is 30.2 Å². The molecule has 1 aromatic carbocycles. The van der Waals surface area contributed by atoms with E-state index in [2.05, 4.69) is 11.9 Å². The molecule has 0 bridgehead atoms. The number of hydrogen-bond donors (Lipinski definition) is 0. The predicted molar refractivity (Wildman–Crippen MR) is 83.6 cm³/mol. The Kier molecular flexibility index (Phi) is 5.69. The Morgan fingerprint density at radius 1 is 1.15 bits per heavy atom. The zero-order chi connectivity index (χ0) is 14.4. The lowest BCUT2D eigenvalue weighted by atomic mass is 10.2. The van der Waals surface area contributed by atoms with E-state index in [0.29, 0.717) is 23.4 Å². The van der Waals surface area contributed by atoms with Crippen LogP contribution in [0.2, 0.25) is 5.02 Å². The van der Waals surface area contributed by atoms with Gasteiger partial charge >= 0.3 is 0 Å². The molecule has 20 heavy (non-hydrogen) atoms. The molecule has 0 aliphatic carbocycles. The van der Waals surface area contributed by atoms with Crippen LogP contribution >= 0.6 is 23.2 Å². The Morgan fingerprint density at radius 2 is 2.00 bits per heavy atom. The van der Waals surface area contributed by atoms with E-state index >= 15 is 0 Å². The molecule has 0 radical (unpaired) electrons. The topological polar surface area (TPSA) is 22.1 Å². The third kappa shape index (κ3) is 4.39. The molecule has 0 unspecified atom stereocenters. The van der Waals surface area contributed by atoms with Gasteiger partial charge in [-0.2, -0.15) is 0 Å². The zero-order valence-electron chi connectivity index (χ0n) is 11.4. The van der Waals surface area contributed by atoms with Gasteiger partial charge in [0.2, 0.25) is 5.88 Å².